The largest absolute Gasteiger partial charge is 0.317 e. The smallest absolute Gasteiger partial charge is 0.0220 e. The Morgan fingerprint density at radius 2 is 1.74 bits per heavy atom. The third-order valence-corrected chi connectivity index (χ3v) is 5.88. The van der Waals surface area contributed by atoms with E-state index in [1.165, 1.54) is 64.5 Å². The van der Waals surface area contributed by atoms with E-state index in [9.17, 15) is 0 Å². The topological polar surface area (TPSA) is 18.5 Å². The molecule has 3 rings (SSSR count). The van der Waals surface area contributed by atoms with Gasteiger partial charge < -0.3 is 10.2 Å². The first-order chi connectivity index (χ1) is 9.28. The van der Waals surface area contributed by atoms with Gasteiger partial charge in [0.1, 0.15) is 0 Å². The van der Waals surface area contributed by atoms with Crippen molar-refractivity contribution in [2.45, 2.75) is 75.5 Å². The van der Waals surface area contributed by atoms with Crippen LogP contribution in [-0.4, -0.2) is 61.2 Å². The van der Waals surface area contributed by atoms with E-state index in [1.54, 1.807) is 0 Å². The highest BCUT2D eigenvalue weighted by atomic mass is 15.3. The van der Waals surface area contributed by atoms with Gasteiger partial charge in [-0.3, -0.25) is 4.90 Å². The number of nitrogens with one attached hydrogen (secondary N) is 1. The van der Waals surface area contributed by atoms with Crippen LogP contribution in [0.2, 0.25) is 0 Å². The quantitative estimate of drug-likeness (QED) is 0.843. The monoisotopic (exact) mass is 265 g/mol. The summed E-state index contributed by atoms with van der Waals surface area (Å²) >= 11 is 0. The van der Waals surface area contributed by atoms with E-state index < -0.39 is 0 Å². The molecule has 3 heteroatoms. The number of likely N-dealkylation sites (N-methyl/N-ethyl adjacent to an activating group) is 1. The van der Waals surface area contributed by atoms with Gasteiger partial charge in [-0.25, -0.2) is 0 Å². The summed E-state index contributed by atoms with van der Waals surface area (Å²) in [6.07, 6.45) is 11.4. The second kappa shape index (κ2) is 6.11. The molecule has 0 aromatic rings. The van der Waals surface area contributed by atoms with Crippen LogP contribution in [-0.2, 0) is 0 Å². The predicted octanol–water partition coefficient (Wildman–Crippen LogP) is 2.08. The lowest BCUT2D eigenvalue weighted by Gasteiger charge is -2.51. The molecule has 19 heavy (non-hydrogen) atoms. The van der Waals surface area contributed by atoms with Crippen molar-refractivity contribution < 1.29 is 0 Å². The van der Waals surface area contributed by atoms with Gasteiger partial charge in [0.2, 0.25) is 0 Å². The minimum Gasteiger partial charge on any atom is -0.317 e. The molecule has 3 saturated heterocycles. The van der Waals surface area contributed by atoms with Crippen molar-refractivity contribution in [2.75, 3.05) is 27.2 Å². The summed E-state index contributed by atoms with van der Waals surface area (Å²) in [5, 5.41) is 3.53. The Balaban J connectivity index is 1.63. The second-order valence-electron chi connectivity index (χ2n) is 7.02. The molecule has 3 heterocycles. The first kappa shape index (κ1) is 13.8. The van der Waals surface area contributed by atoms with E-state index in [0.717, 1.165) is 24.2 Å². The van der Waals surface area contributed by atoms with Crippen LogP contribution in [0.1, 0.15) is 51.4 Å². The Kier molecular flexibility index (Phi) is 4.45. The second-order valence-corrected chi connectivity index (χ2v) is 7.02. The summed E-state index contributed by atoms with van der Waals surface area (Å²) in [5.74, 6) is 0. The van der Waals surface area contributed by atoms with Crippen LogP contribution in [0.25, 0.3) is 0 Å². The van der Waals surface area contributed by atoms with E-state index >= 15 is 0 Å². The maximum atomic E-state index is 3.53. The zero-order chi connectivity index (χ0) is 13.2. The lowest BCUT2D eigenvalue weighted by atomic mass is 9.81. The van der Waals surface area contributed by atoms with Gasteiger partial charge in [0, 0.05) is 30.7 Å². The molecule has 2 bridgehead atoms. The molecule has 3 aliphatic heterocycles. The third-order valence-electron chi connectivity index (χ3n) is 5.88. The Morgan fingerprint density at radius 1 is 1.00 bits per heavy atom. The summed E-state index contributed by atoms with van der Waals surface area (Å²) in [6.45, 7) is 2.65. The van der Waals surface area contributed by atoms with Gasteiger partial charge in [-0.15, -0.1) is 0 Å². The molecule has 3 nitrogen and oxygen atoms in total. The molecule has 0 aromatic heterocycles. The maximum absolute atomic E-state index is 3.53. The third kappa shape index (κ3) is 2.98. The van der Waals surface area contributed by atoms with Gasteiger partial charge in [0.05, 0.1) is 0 Å². The highest BCUT2D eigenvalue weighted by Crippen LogP contribution is 2.35. The van der Waals surface area contributed by atoms with E-state index in [-0.39, 0.29) is 0 Å². The van der Waals surface area contributed by atoms with Crippen LogP contribution in [0.4, 0.5) is 0 Å². The van der Waals surface area contributed by atoms with Crippen LogP contribution < -0.4 is 5.32 Å². The van der Waals surface area contributed by atoms with E-state index in [2.05, 4.69) is 29.2 Å². The normalized spacial score (nSPS) is 41.4. The standard InChI is InChI=1S/C16H31N3/c1-17-13-10-14-7-5-8-15(11-13)19(14)12-16-6-3-4-9-18(16)2/h13-17H,3-12H2,1-2H3. The zero-order valence-corrected chi connectivity index (χ0v) is 12.8. The van der Waals surface area contributed by atoms with Crippen molar-refractivity contribution in [3.63, 3.8) is 0 Å². The Labute approximate surface area is 118 Å². The number of piperidine rings is 3. The number of hydrogen-bond acceptors (Lipinski definition) is 3. The van der Waals surface area contributed by atoms with Gasteiger partial charge >= 0.3 is 0 Å². The van der Waals surface area contributed by atoms with Gasteiger partial charge in [0.15, 0.2) is 0 Å². The van der Waals surface area contributed by atoms with Crippen LogP contribution in [0.3, 0.4) is 0 Å². The molecular weight excluding hydrogens is 234 g/mol. The molecule has 110 valence electrons. The number of hydrogen-bond donors (Lipinski definition) is 1. The summed E-state index contributed by atoms with van der Waals surface area (Å²) in [4.78, 5) is 5.51. The highest BCUT2D eigenvalue weighted by molar-refractivity contribution is 4.96. The average molecular weight is 265 g/mol. The number of fused-ring (bicyclic) bond motifs is 2. The van der Waals surface area contributed by atoms with Crippen molar-refractivity contribution in [3.8, 4) is 0 Å². The molecule has 3 atom stereocenters. The summed E-state index contributed by atoms with van der Waals surface area (Å²) < 4.78 is 0. The SMILES string of the molecule is CNC1CC2CCCC(C1)N2CC1CCCCN1C. The lowest BCUT2D eigenvalue weighted by molar-refractivity contribution is -0.000415. The number of likely N-dealkylation sites (tertiary alicyclic amines) is 1. The molecule has 3 fully saturated rings. The van der Waals surface area contributed by atoms with Gasteiger partial charge in [-0.2, -0.15) is 0 Å². The highest BCUT2D eigenvalue weighted by Gasteiger charge is 2.39. The van der Waals surface area contributed by atoms with Crippen LogP contribution >= 0.6 is 0 Å². The molecule has 0 amide bonds. The van der Waals surface area contributed by atoms with Crippen LogP contribution in [0.5, 0.6) is 0 Å². The van der Waals surface area contributed by atoms with Crippen molar-refractivity contribution in [3.05, 3.63) is 0 Å². The first-order valence-electron chi connectivity index (χ1n) is 8.41. The first-order valence-corrected chi connectivity index (χ1v) is 8.41. The summed E-state index contributed by atoms with van der Waals surface area (Å²) in [7, 11) is 4.48. The lowest BCUT2D eigenvalue weighted by Crippen LogP contribution is -2.59. The van der Waals surface area contributed by atoms with Crippen molar-refractivity contribution in [1.29, 1.82) is 0 Å². The summed E-state index contributed by atoms with van der Waals surface area (Å²) in [6, 6.07) is 3.32. The van der Waals surface area contributed by atoms with E-state index in [0.29, 0.717) is 0 Å². The molecule has 0 aliphatic carbocycles. The molecule has 0 spiro atoms. The fourth-order valence-corrected chi connectivity index (χ4v) is 4.63. The minimum atomic E-state index is 0.774. The van der Waals surface area contributed by atoms with Crippen molar-refractivity contribution in [2.24, 2.45) is 0 Å². The molecule has 1 N–H and O–H groups in total. The molecular formula is C16H31N3. The molecule has 3 unspecified atom stereocenters. The minimum absolute atomic E-state index is 0.774. The van der Waals surface area contributed by atoms with Crippen LogP contribution in [0.15, 0.2) is 0 Å². The predicted molar refractivity (Wildman–Crippen MR) is 80.5 cm³/mol. The Bertz CT molecular complexity index is 280. The van der Waals surface area contributed by atoms with Gasteiger partial charge in [-0.05, 0) is 59.2 Å². The van der Waals surface area contributed by atoms with Crippen molar-refractivity contribution in [1.82, 2.24) is 15.1 Å². The number of nitrogens with zero attached hydrogens (tertiary/aromatic N) is 2. The zero-order valence-electron chi connectivity index (χ0n) is 12.8. The Hall–Kier alpha value is -0.120. The van der Waals surface area contributed by atoms with E-state index in [4.69, 9.17) is 0 Å². The molecule has 0 aromatic carbocycles. The molecule has 3 aliphatic rings. The summed E-state index contributed by atoms with van der Waals surface area (Å²) in [5.41, 5.74) is 0. The van der Waals surface area contributed by atoms with Crippen molar-refractivity contribution >= 4 is 0 Å². The fraction of sp³-hybridized carbons (Fsp3) is 1.00. The average Bonchev–Trinajstić information content (AvgIpc) is 2.41. The Morgan fingerprint density at radius 3 is 2.37 bits per heavy atom. The number of rotatable bonds is 3. The molecule has 0 radical (unpaired) electrons. The van der Waals surface area contributed by atoms with Crippen LogP contribution in [0, 0.1) is 0 Å². The maximum Gasteiger partial charge on any atom is 0.0220 e. The van der Waals surface area contributed by atoms with E-state index in [1.807, 2.05) is 0 Å². The van der Waals surface area contributed by atoms with Gasteiger partial charge in [0.25, 0.3) is 0 Å². The fourth-order valence-electron chi connectivity index (χ4n) is 4.63. The molecule has 0 saturated carbocycles. The van der Waals surface area contributed by atoms with Gasteiger partial charge in [-0.1, -0.05) is 12.8 Å².